The average Bonchev–Trinajstić information content (AvgIpc) is 1.83. The van der Waals surface area contributed by atoms with Crippen molar-refractivity contribution in [2.24, 2.45) is 5.92 Å². The van der Waals surface area contributed by atoms with Crippen LogP contribution in [0, 0.1) is 11.2 Å². The second-order valence-corrected chi connectivity index (χ2v) is 2.77. The molecule has 0 aromatic rings. The van der Waals surface area contributed by atoms with E-state index in [1.807, 2.05) is 0 Å². The minimum absolute atomic E-state index is 0.745. The Kier molecular flexibility index (Phi) is 5.95. The van der Waals surface area contributed by atoms with Gasteiger partial charge in [0.05, 0.1) is 0 Å². The first-order chi connectivity index (χ1) is 3.81. The van der Waals surface area contributed by atoms with E-state index < -0.39 is 0 Å². The SMILES string of the molecule is CCCCC(C)[CH]Br. The van der Waals surface area contributed by atoms with Gasteiger partial charge in [-0.15, -0.1) is 0 Å². The summed E-state index contributed by atoms with van der Waals surface area (Å²) >= 11 is 3.32. The lowest BCUT2D eigenvalue weighted by atomic mass is 10.1. The third-order valence-corrected chi connectivity index (χ3v) is 2.13. The van der Waals surface area contributed by atoms with Crippen molar-refractivity contribution in [3.8, 4) is 0 Å². The zero-order valence-corrected chi connectivity index (χ0v) is 7.24. The van der Waals surface area contributed by atoms with Crippen molar-refractivity contribution in [3.63, 3.8) is 0 Å². The van der Waals surface area contributed by atoms with Crippen LogP contribution in [0.3, 0.4) is 0 Å². The van der Waals surface area contributed by atoms with E-state index >= 15 is 0 Å². The van der Waals surface area contributed by atoms with Gasteiger partial charge in [-0.25, -0.2) is 0 Å². The molecule has 0 N–H and O–H groups in total. The van der Waals surface area contributed by atoms with Crippen LogP contribution in [0.4, 0.5) is 0 Å². The number of hydrogen-bond donors (Lipinski definition) is 0. The standard InChI is InChI=1S/C7H14Br/c1-3-4-5-7(2)6-8/h6-7H,3-5H2,1-2H3. The second kappa shape index (κ2) is 5.61. The van der Waals surface area contributed by atoms with Gasteiger partial charge in [0.2, 0.25) is 0 Å². The van der Waals surface area contributed by atoms with Gasteiger partial charge in [-0.2, -0.15) is 0 Å². The van der Waals surface area contributed by atoms with Crippen LogP contribution in [-0.4, -0.2) is 0 Å². The molecular weight excluding hydrogens is 164 g/mol. The predicted octanol–water partition coefficient (Wildman–Crippen LogP) is 3.37. The largest absolute Gasteiger partial charge is 0.0876 e. The highest BCUT2D eigenvalue weighted by Crippen LogP contribution is 2.13. The molecule has 0 saturated heterocycles. The molecule has 0 bridgehead atoms. The highest BCUT2D eigenvalue weighted by Gasteiger charge is 1.96. The van der Waals surface area contributed by atoms with Crippen molar-refractivity contribution in [1.29, 1.82) is 0 Å². The first-order valence-electron chi connectivity index (χ1n) is 3.24. The predicted molar refractivity (Wildman–Crippen MR) is 41.9 cm³/mol. The molecule has 8 heavy (non-hydrogen) atoms. The van der Waals surface area contributed by atoms with E-state index in [9.17, 15) is 0 Å². The lowest BCUT2D eigenvalue weighted by Crippen LogP contribution is -1.88. The Hall–Kier alpha value is 0.480. The number of halogens is 1. The summed E-state index contributed by atoms with van der Waals surface area (Å²) in [6.07, 6.45) is 3.98. The summed E-state index contributed by atoms with van der Waals surface area (Å²) in [5.41, 5.74) is 0. The number of rotatable bonds is 4. The molecule has 1 unspecified atom stereocenters. The average molecular weight is 178 g/mol. The van der Waals surface area contributed by atoms with Crippen molar-refractivity contribution >= 4 is 15.9 Å². The van der Waals surface area contributed by atoms with Gasteiger partial charge in [0, 0.05) is 5.33 Å². The molecule has 1 atom stereocenters. The fourth-order valence-electron chi connectivity index (χ4n) is 0.589. The first-order valence-corrected chi connectivity index (χ1v) is 4.16. The normalized spacial score (nSPS) is 13.9. The highest BCUT2D eigenvalue weighted by atomic mass is 79.9. The minimum atomic E-state index is 0.745. The molecule has 0 aliphatic heterocycles. The molecular formula is C7H14Br. The molecule has 0 aromatic carbocycles. The Morgan fingerprint density at radius 3 is 2.62 bits per heavy atom. The van der Waals surface area contributed by atoms with E-state index in [0.29, 0.717) is 0 Å². The van der Waals surface area contributed by atoms with Gasteiger partial charge in [0.1, 0.15) is 0 Å². The van der Waals surface area contributed by atoms with Crippen molar-refractivity contribution in [2.75, 3.05) is 0 Å². The smallest absolute Gasteiger partial charge is 0.0299 e. The van der Waals surface area contributed by atoms with Crippen LogP contribution < -0.4 is 0 Å². The Balaban J connectivity index is 2.86. The maximum atomic E-state index is 3.32. The van der Waals surface area contributed by atoms with Gasteiger partial charge >= 0.3 is 0 Å². The number of unbranched alkanes of at least 4 members (excludes halogenated alkanes) is 1. The third kappa shape index (κ3) is 4.63. The van der Waals surface area contributed by atoms with E-state index in [0.717, 1.165) is 5.92 Å². The zero-order chi connectivity index (χ0) is 6.41. The minimum Gasteiger partial charge on any atom is -0.0876 e. The van der Waals surface area contributed by atoms with Crippen molar-refractivity contribution in [3.05, 3.63) is 5.33 Å². The molecule has 1 heteroatoms. The Bertz CT molecular complexity index is 43.7. The van der Waals surface area contributed by atoms with Crippen LogP contribution >= 0.6 is 15.9 Å². The van der Waals surface area contributed by atoms with Gasteiger partial charge in [0.15, 0.2) is 0 Å². The van der Waals surface area contributed by atoms with E-state index in [4.69, 9.17) is 0 Å². The Morgan fingerprint density at radius 1 is 1.62 bits per heavy atom. The first kappa shape index (κ1) is 8.48. The molecule has 0 fully saturated rings. The monoisotopic (exact) mass is 177 g/mol. The van der Waals surface area contributed by atoms with E-state index in [-0.39, 0.29) is 0 Å². The molecule has 1 radical (unpaired) electrons. The molecule has 0 spiro atoms. The summed E-state index contributed by atoms with van der Waals surface area (Å²) in [6, 6.07) is 0. The summed E-state index contributed by atoms with van der Waals surface area (Å²) < 4.78 is 0. The molecule has 0 amide bonds. The molecule has 0 rings (SSSR count). The van der Waals surface area contributed by atoms with Gasteiger partial charge in [-0.1, -0.05) is 42.6 Å². The van der Waals surface area contributed by atoms with Crippen LogP contribution in [0.2, 0.25) is 0 Å². The molecule has 0 aliphatic rings. The van der Waals surface area contributed by atoms with Crippen LogP contribution in [0.15, 0.2) is 0 Å². The molecule has 0 saturated carbocycles. The van der Waals surface area contributed by atoms with Crippen LogP contribution in [0.5, 0.6) is 0 Å². The summed E-state index contributed by atoms with van der Waals surface area (Å²) in [5, 5.41) is 2.09. The van der Waals surface area contributed by atoms with E-state index in [2.05, 4.69) is 35.1 Å². The quantitative estimate of drug-likeness (QED) is 0.619. The van der Waals surface area contributed by atoms with Crippen molar-refractivity contribution in [1.82, 2.24) is 0 Å². The maximum absolute atomic E-state index is 3.32. The summed E-state index contributed by atoms with van der Waals surface area (Å²) in [5.74, 6) is 0.745. The lowest BCUT2D eigenvalue weighted by Gasteiger charge is -2.02. The van der Waals surface area contributed by atoms with Crippen LogP contribution in [0.25, 0.3) is 0 Å². The summed E-state index contributed by atoms with van der Waals surface area (Å²) in [4.78, 5) is 0. The topological polar surface area (TPSA) is 0 Å². The zero-order valence-electron chi connectivity index (χ0n) is 5.65. The van der Waals surface area contributed by atoms with Crippen molar-refractivity contribution < 1.29 is 0 Å². The van der Waals surface area contributed by atoms with E-state index in [1.165, 1.54) is 19.3 Å². The Labute approximate surface area is 60.8 Å². The van der Waals surface area contributed by atoms with Gasteiger partial charge < -0.3 is 0 Å². The van der Waals surface area contributed by atoms with Gasteiger partial charge in [-0.05, 0) is 12.3 Å². The second-order valence-electron chi connectivity index (χ2n) is 2.25. The van der Waals surface area contributed by atoms with Gasteiger partial charge in [0.25, 0.3) is 0 Å². The fraction of sp³-hybridized carbons (Fsp3) is 0.857. The molecule has 49 valence electrons. The lowest BCUT2D eigenvalue weighted by molar-refractivity contribution is 0.590. The molecule has 0 aromatic heterocycles. The fourth-order valence-corrected chi connectivity index (χ4v) is 0.853. The summed E-state index contributed by atoms with van der Waals surface area (Å²) in [7, 11) is 0. The third-order valence-electron chi connectivity index (χ3n) is 1.23. The maximum Gasteiger partial charge on any atom is 0.0299 e. The van der Waals surface area contributed by atoms with Gasteiger partial charge in [-0.3, -0.25) is 0 Å². The van der Waals surface area contributed by atoms with Crippen LogP contribution in [0.1, 0.15) is 33.1 Å². The molecule has 0 nitrogen and oxygen atoms in total. The number of hydrogen-bond acceptors (Lipinski definition) is 0. The Morgan fingerprint density at radius 2 is 2.25 bits per heavy atom. The summed E-state index contributed by atoms with van der Waals surface area (Å²) in [6.45, 7) is 4.45. The van der Waals surface area contributed by atoms with Crippen molar-refractivity contribution in [2.45, 2.75) is 33.1 Å². The highest BCUT2D eigenvalue weighted by molar-refractivity contribution is 9.10. The van der Waals surface area contributed by atoms with E-state index in [1.54, 1.807) is 0 Å². The molecule has 0 heterocycles. The molecule has 0 aliphatic carbocycles. The van der Waals surface area contributed by atoms with Crippen LogP contribution in [-0.2, 0) is 0 Å².